The topological polar surface area (TPSA) is 46.5 Å². The van der Waals surface area contributed by atoms with Crippen molar-refractivity contribution >= 4 is 27.8 Å². The van der Waals surface area contributed by atoms with Gasteiger partial charge in [0.2, 0.25) is 0 Å². The van der Waals surface area contributed by atoms with E-state index < -0.39 is 15.8 Å². The Hall–Kier alpha value is -1.72. The first kappa shape index (κ1) is 13.7. The lowest BCUT2D eigenvalue weighted by Gasteiger charge is -1.98. The maximum absolute atomic E-state index is 12.9. The quantitative estimate of drug-likeness (QED) is 0.816. The second kappa shape index (κ2) is 5.50. The molecule has 0 saturated heterocycles. The van der Waals surface area contributed by atoms with Crippen LogP contribution in [0.5, 0.6) is 0 Å². The van der Waals surface area contributed by atoms with Gasteiger partial charge in [-0.15, -0.1) is 0 Å². The fourth-order valence-electron chi connectivity index (χ4n) is 1.38. The molecule has 0 bridgehead atoms. The summed E-state index contributed by atoms with van der Waals surface area (Å²) in [5, 5.41) is 0.438. The molecule has 0 heterocycles. The van der Waals surface area contributed by atoms with Gasteiger partial charge in [-0.2, -0.15) is 12.8 Å². The molecule has 0 amide bonds. The van der Waals surface area contributed by atoms with Crippen molar-refractivity contribution in [1.82, 2.24) is 0 Å². The van der Waals surface area contributed by atoms with E-state index in [0.717, 1.165) is 6.21 Å². The Balaban J connectivity index is 2.29. The molecule has 0 N–H and O–H groups in total. The minimum atomic E-state index is -3.80. The van der Waals surface area contributed by atoms with Gasteiger partial charge < -0.3 is 0 Å². The van der Waals surface area contributed by atoms with Crippen LogP contribution in [0, 0.1) is 5.82 Å². The highest BCUT2D eigenvalue weighted by Gasteiger charge is 2.11. The molecule has 0 saturated carbocycles. The lowest BCUT2D eigenvalue weighted by atomic mass is 10.2. The van der Waals surface area contributed by atoms with E-state index in [-0.39, 0.29) is 4.90 Å². The molecule has 0 radical (unpaired) electrons. The number of halogens is 2. The van der Waals surface area contributed by atoms with E-state index in [2.05, 4.69) is 4.40 Å². The van der Waals surface area contributed by atoms with Crippen LogP contribution in [0.4, 0.5) is 4.39 Å². The average Bonchev–Trinajstić information content (AvgIpc) is 2.37. The van der Waals surface area contributed by atoms with E-state index >= 15 is 0 Å². The average molecular weight is 298 g/mol. The van der Waals surface area contributed by atoms with Crippen molar-refractivity contribution in [3.63, 3.8) is 0 Å². The minimum Gasteiger partial charge on any atom is -0.207 e. The summed E-state index contributed by atoms with van der Waals surface area (Å²) in [6.07, 6.45) is 1.10. The van der Waals surface area contributed by atoms with Gasteiger partial charge in [-0.25, -0.2) is 4.39 Å². The maximum Gasteiger partial charge on any atom is 0.282 e. The van der Waals surface area contributed by atoms with Gasteiger partial charge in [-0.3, -0.25) is 0 Å². The third kappa shape index (κ3) is 3.62. The van der Waals surface area contributed by atoms with E-state index in [1.165, 1.54) is 42.5 Å². The monoisotopic (exact) mass is 297 g/mol. The molecule has 0 unspecified atom stereocenters. The van der Waals surface area contributed by atoms with Gasteiger partial charge in [0, 0.05) is 11.2 Å². The molecule has 0 aliphatic heterocycles. The van der Waals surface area contributed by atoms with Crippen LogP contribution in [-0.2, 0) is 10.0 Å². The molecular formula is C13H9ClFNO2S. The highest BCUT2D eigenvalue weighted by Crippen LogP contribution is 2.16. The van der Waals surface area contributed by atoms with Crippen molar-refractivity contribution in [2.75, 3.05) is 0 Å². The zero-order chi connectivity index (χ0) is 13.9. The van der Waals surface area contributed by atoms with E-state index in [1.807, 2.05) is 0 Å². The van der Waals surface area contributed by atoms with Crippen LogP contribution in [0.3, 0.4) is 0 Å². The molecule has 98 valence electrons. The van der Waals surface area contributed by atoms with Crippen LogP contribution in [0.15, 0.2) is 57.8 Å². The standard InChI is InChI=1S/C13H9ClFNO2S/c14-11-4-6-13(7-5-11)19(17,18)16-9-10-2-1-3-12(15)8-10/h1-9H. The predicted molar refractivity (Wildman–Crippen MR) is 72.6 cm³/mol. The Labute approximate surface area is 115 Å². The summed E-state index contributed by atoms with van der Waals surface area (Å²) in [5.74, 6) is -0.451. The molecule has 0 spiro atoms. The summed E-state index contributed by atoms with van der Waals surface area (Å²) >= 11 is 5.68. The molecule has 0 aliphatic carbocycles. The van der Waals surface area contributed by atoms with Crippen LogP contribution >= 0.6 is 11.6 Å². The third-order valence-electron chi connectivity index (χ3n) is 2.30. The zero-order valence-electron chi connectivity index (χ0n) is 9.62. The van der Waals surface area contributed by atoms with Crippen LogP contribution < -0.4 is 0 Å². The van der Waals surface area contributed by atoms with Crippen molar-refractivity contribution in [3.8, 4) is 0 Å². The molecule has 0 aliphatic rings. The summed E-state index contributed by atoms with van der Waals surface area (Å²) < 4.78 is 40.2. The number of benzene rings is 2. The first-order valence-electron chi connectivity index (χ1n) is 5.29. The van der Waals surface area contributed by atoms with Gasteiger partial charge in [0.25, 0.3) is 10.0 Å². The van der Waals surface area contributed by atoms with Gasteiger partial charge in [0.1, 0.15) is 5.82 Å². The summed E-state index contributed by atoms with van der Waals surface area (Å²) in [7, 11) is -3.80. The fourth-order valence-corrected chi connectivity index (χ4v) is 2.37. The Morgan fingerprint density at radius 1 is 1.11 bits per heavy atom. The Kier molecular flexibility index (Phi) is 3.97. The Morgan fingerprint density at radius 3 is 2.42 bits per heavy atom. The van der Waals surface area contributed by atoms with Crippen molar-refractivity contribution in [2.24, 2.45) is 4.40 Å². The van der Waals surface area contributed by atoms with Crippen molar-refractivity contribution in [1.29, 1.82) is 0 Å². The van der Waals surface area contributed by atoms with Gasteiger partial charge >= 0.3 is 0 Å². The normalized spacial score (nSPS) is 11.9. The van der Waals surface area contributed by atoms with Crippen molar-refractivity contribution in [3.05, 3.63) is 64.9 Å². The third-order valence-corrected chi connectivity index (χ3v) is 3.80. The van der Waals surface area contributed by atoms with Crippen LogP contribution in [0.1, 0.15) is 5.56 Å². The van der Waals surface area contributed by atoms with Gasteiger partial charge in [-0.1, -0.05) is 23.7 Å². The molecule has 19 heavy (non-hydrogen) atoms. The molecule has 2 rings (SSSR count). The van der Waals surface area contributed by atoms with Crippen LogP contribution in [-0.4, -0.2) is 14.6 Å². The SMILES string of the molecule is O=S(=O)(N=Cc1cccc(F)c1)c1ccc(Cl)cc1. The van der Waals surface area contributed by atoms with Gasteiger partial charge in [-0.05, 0) is 42.0 Å². The number of rotatable bonds is 3. The second-order valence-corrected chi connectivity index (χ2v) is 5.79. The molecule has 3 nitrogen and oxygen atoms in total. The molecule has 0 fully saturated rings. The molecule has 2 aromatic rings. The highest BCUT2D eigenvalue weighted by molar-refractivity contribution is 7.90. The van der Waals surface area contributed by atoms with E-state index in [1.54, 1.807) is 6.07 Å². The molecule has 0 aromatic heterocycles. The lowest BCUT2D eigenvalue weighted by Crippen LogP contribution is -1.97. The first-order chi connectivity index (χ1) is 8.97. The number of hydrogen-bond donors (Lipinski definition) is 0. The van der Waals surface area contributed by atoms with E-state index in [0.29, 0.717) is 10.6 Å². The van der Waals surface area contributed by atoms with Crippen LogP contribution in [0.2, 0.25) is 5.02 Å². The molecule has 6 heteroatoms. The van der Waals surface area contributed by atoms with Crippen molar-refractivity contribution in [2.45, 2.75) is 4.90 Å². The number of nitrogens with zero attached hydrogens (tertiary/aromatic N) is 1. The van der Waals surface area contributed by atoms with Crippen LogP contribution in [0.25, 0.3) is 0 Å². The molecule has 2 aromatic carbocycles. The van der Waals surface area contributed by atoms with Gasteiger partial charge in [0.15, 0.2) is 0 Å². The summed E-state index contributed by atoms with van der Waals surface area (Å²) in [4.78, 5) is 0.0320. The lowest BCUT2D eigenvalue weighted by molar-refractivity contribution is 0.598. The zero-order valence-corrected chi connectivity index (χ0v) is 11.2. The summed E-state index contributed by atoms with van der Waals surface area (Å²) in [5.41, 5.74) is 0.373. The molecular weight excluding hydrogens is 289 g/mol. The van der Waals surface area contributed by atoms with Gasteiger partial charge in [0.05, 0.1) is 4.90 Å². The number of hydrogen-bond acceptors (Lipinski definition) is 2. The largest absolute Gasteiger partial charge is 0.282 e. The highest BCUT2D eigenvalue weighted by atomic mass is 35.5. The van der Waals surface area contributed by atoms with E-state index in [9.17, 15) is 12.8 Å². The summed E-state index contributed by atoms with van der Waals surface area (Å²) in [6.45, 7) is 0. The first-order valence-corrected chi connectivity index (χ1v) is 7.11. The van der Waals surface area contributed by atoms with Crippen molar-refractivity contribution < 1.29 is 12.8 Å². The molecule has 0 atom stereocenters. The Morgan fingerprint density at radius 2 is 1.79 bits per heavy atom. The smallest absolute Gasteiger partial charge is 0.207 e. The maximum atomic E-state index is 12.9. The minimum absolute atomic E-state index is 0.0320. The second-order valence-electron chi connectivity index (χ2n) is 3.72. The predicted octanol–water partition coefficient (Wildman–Crippen LogP) is 3.29. The fraction of sp³-hybridized carbons (Fsp3) is 0. The van der Waals surface area contributed by atoms with E-state index in [4.69, 9.17) is 11.6 Å². The summed E-state index contributed by atoms with van der Waals surface area (Å²) in [6, 6.07) is 11.2. The number of sulfonamides is 1. The Bertz CT molecular complexity index is 712.